The monoisotopic (exact) mass is 548 g/mol. The predicted octanol–water partition coefficient (Wildman–Crippen LogP) is 3.20. The van der Waals surface area contributed by atoms with E-state index in [2.05, 4.69) is 19.2 Å². The van der Waals surface area contributed by atoms with Crippen LogP contribution in [0.25, 0.3) is 5.76 Å². The second-order valence-electron chi connectivity index (χ2n) is 13.4. The minimum atomic E-state index is -2.67. The van der Waals surface area contributed by atoms with E-state index in [1.807, 2.05) is 52.0 Å². The highest BCUT2D eigenvalue weighted by Crippen LogP contribution is 2.57. The van der Waals surface area contributed by atoms with Gasteiger partial charge >= 0.3 is 12.7 Å². The topological polar surface area (TPSA) is 35.4 Å². The summed E-state index contributed by atoms with van der Waals surface area (Å²) in [5.41, 5.74) is 2.18. The second-order valence-corrected chi connectivity index (χ2v) is 17.7. The largest absolute Gasteiger partial charge is 0.666 e. The number of halogens is 4. The third-order valence-electron chi connectivity index (χ3n) is 9.74. The first-order valence-corrected chi connectivity index (χ1v) is 16.4. The van der Waals surface area contributed by atoms with Crippen LogP contribution in [0.15, 0.2) is 46.6 Å². The van der Waals surface area contributed by atoms with Crippen molar-refractivity contribution in [1.29, 1.82) is 0 Å². The molecule has 6 aliphatic rings. The summed E-state index contributed by atoms with van der Waals surface area (Å²) in [6.45, 7) is 9.00. The van der Waals surface area contributed by atoms with Crippen molar-refractivity contribution in [2.75, 3.05) is 31.1 Å². The van der Waals surface area contributed by atoms with Crippen molar-refractivity contribution in [3.05, 3.63) is 52.2 Å². The summed E-state index contributed by atoms with van der Waals surface area (Å²) >= 11 is 0. The van der Waals surface area contributed by atoms with Gasteiger partial charge in [-0.3, -0.25) is 0 Å². The van der Waals surface area contributed by atoms with Gasteiger partial charge < -0.3 is 23.8 Å². The number of allylic oxidation sites excluding steroid dienone is 3. The number of hydrogen-bond acceptors (Lipinski definition) is 4. The lowest BCUT2D eigenvalue weighted by Gasteiger charge is -2.44. The highest BCUT2D eigenvalue weighted by molar-refractivity contribution is 6.98. The number of rotatable bonds is 2. The molecule has 1 aromatic carbocycles. The summed E-state index contributed by atoms with van der Waals surface area (Å²) in [6, 6.07) is 5.63. The van der Waals surface area contributed by atoms with E-state index in [0.29, 0.717) is 5.76 Å². The normalized spacial score (nSPS) is 32.1. The van der Waals surface area contributed by atoms with E-state index < -0.39 is 37.9 Å². The highest BCUT2D eigenvalue weighted by Gasteiger charge is 2.62. The molecule has 0 bridgehead atoms. The molecule has 3 fully saturated rings. The maximum Gasteiger partial charge on any atom is 0.467 e. The van der Waals surface area contributed by atoms with Gasteiger partial charge in [0.15, 0.2) is 0 Å². The molecule has 1 aromatic rings. The van der Waals surface area contributed by atoms with Gasteiger partial charge in [-0.2, -0.15) is 8.78 Å². The number of nitrogens with one attached hydrogen (secondary N) is 1. The van der Waals surface area contributed by atoms with E-state index in [1.165, 1.54) is 0 Å². The Kier molecular flexibility index (Phi) is 4.57. The number of fused-ring (bicyclic) bond motifs is 3. The summed E-state index contributed by atoms with van der Waals surface area (Å²) < 4.78 is 75.2. The Balaban J connectivity index is 1.38. The zero-order valence-electron chi connectivity index (χ0n) is 22.6. The van der Waals surface area contributed by atoms with Crippen LogP contribution in [0.2, 0.25) is 13.1 Å². The van der Waals surface area contributed by atoms with Crippen molar-refractivity contribution in [1.82, 2.24) is 0 Å². The average molecular weight is 548 g/mol. The fourth-order valence-corrected chi connectivity index (χ4v) is 10.1. The standard InChI is InChI=1S/C27H32BF4N2O3Si/c1-24(2)25(3,4)37-28(36-24)19-9-17(34-14-27(31,32)15-34)11-21-22(19)23(35-28)18-8-7-16(10-20(18)38(21,5)6)33-12-26(29,30)13-33/h7-11,17H,12-15H2,1-6H3/q-1/p+1. The van der Waals surface area contributed by atoms with Gasteiger partial charge in [0, 0.05) is 22.5 Å². The van der Waals surface area contributed by atoms with Crippen molar-refractivity contribution < 1.29 is 36.4 Å². The molecule has 5 aliphatic heterocycles. The Morgan fingerprint density at radius 1 is 0.947 bits per heavy atom. The fraction of sp³-hybridized carbons (Fsp3) is 0.556. The fourth-order valence-electron chi connectivity index (χ4n) is 6.91. The minimum Gasteiger partial charge on any atom is -0.666 e. The molecular formula is C27H33BF4N2O3Si. The van der Waals surface area contributed by atoms with Crippen molar-refractivity contribution in [3.8, 4) is 0 Å². The Morgan fingerprint density at radius 2 is 1.58 bits per heavy atom. The number of quaternary nitrogens is 1. The lowest BCUT2D eigenvalue weighted by atomic mass is 9.65. The molecule has 5 nitrogen and oxygen atoms in total. The molecule has 1 atom stereocenters. The van der Waals surface area contributed by atoms with Gasteiger partial charge in [-0.1, -0.05) is 18.6 Å². The van der Waals surface area contributed by atoms with Gasteiger partial charge in [0.1, 0.15) is 27.2 Å². The van der Waals surface area contributed by atoms with Gasteiger partial charge in [-0.15, -0.1) is 0 Å². The predicted molar refractivity (Wildman–Crippen MR) is 140 cm³/mol. The van der Waals surface area contributed by atoms with E-state index >= 15 is 0 Å². The molecule has 1 aliphatic carbocycles. The third-order valence-corrected chi connectivity index (χ3v) is 13.3. The molecule has 3 saturated heterocycles. The number of likely N-dealkylation sites (tertiary alicyclic amines) is 1. The molecule has 0 radical (unpaired) electrons. The molecule has 1 N–H and O–H groups in total. The molecule has 0 aromatic heterocycles. The van der Waals surface area contributed by atoms with Crippen LogP contribution in [0.3, 0.4) is 0 Å². The first-order chi connectivity index (χ1) is 17.4. The van der Waals surface area contributed by atoms with Gasteiger partial charge in [-0.05, 0) is 74.0 Å². The quantitative estimate of drug-likeness (QED) is 0.455. The van der Waals surface area contributed by atoms with Crippen LogP contribution < -0.4 is 15.0 Å². The average Bonchev–Trinajstić information content (AvgIpc) is 3.16. The molecule has 204 valence electrons. The van der Waals surface area contributed by atoms with Crippen LogP contribution in [-0.2, 0) is 14.0 Å². The molecule has 0 saturated carbocycles. The van der Waals surface area contributed by atoms with E-state index in [0.717, 1.165) is 37.6 Å². The van der Waals surface area contributed by atoms with Crippen molar-refractivity contribution in [3.63, 3.8) is 0 Å². The summed E-state index contributed by atoms with van der Waals surface area (Å²) in [5, 5.41) is 2.20. The molecule has 1 spiro atoms. The molecule has 11 heteroatoms. The van der Waals surface area contributed by atoms with Crippen LogP contribution in [0, 0.1) is 0 Å². The highest BCUT2D eigenvalue weighted by atomic mass is 28.3. The Hall–Kier alpha value is -2.08. The summed E-state index contributed by atoms with van der Waals surface area (Å²) in [6.07, 6.45) is 4.17. The maximum absolute atomic E-state index is 13.9. The van der Waals surface area contributed by atoms with Crippen LogP contribution >= 0.6 is 0 Å². The summed E-state index contributed by atoms with van der Waals surface area (Å²) in [7, 11) is -2.40. The SMILES string of the molecule is CC1(C)O[B-]2(OC3=C4C2=CC([NH+]2CC(F)(F)C2)C=C4[Si](C)(C)c2cc(N4CC(F)(F)C4)ccc23)OC1(C)C. The zero-order chi connectivity index (χ0) is 27.3. The van der Waals surface area contributed by atoms with E-state index in [1.54, 1.807) is 4.90 Å². The summed E-state index contributed by atoms with van der Waals surface area (Å²) in [4.78, 5) is 2.50. The zero-order valence-corrected chi connectivity index (χ0v) is 23.6. The second kappa shape index (κ2) is 6.97. The summed E-state index contributed by atoms with van der Waals surface area (Å²) in [5.74, 6) is -4.65. The van der Waals surface area contributed by atoms with E-state index in [-0.39, 0.29) is 32.2 Å². The number of hydrogen-bond donors (Lipinski definition) is 1. The maximum atomic E-state index is 13.9. The van der Waals surface area contributed by atoms with Gasteiger partial charge in [0.25, 0.3) is 5.92 Å². The first kappa shape index (κ1) is 24.9. The Labute approximate surface area is 221 Å². The lowest BCUT2D eigenvalue weighted by molar-refractivity contribution is -0.974. The molecule has 38 heavy (non-hydrogen) atoms. The van der Waals surface area contributed by atoms with E-state index in [9.17, 15) is 17.6 Å². The minimum absolute atomic E-state index is 0.220. The first-order valence-electron chi connectivity index (χ1n) is 13.4. The molecule has 7 rings (SSSR count). The molecule has 5 heterocycles. The molecule has 1 unspecified atom stereocenters. The lowest BCUT2D eigenvalue weighted by Crippen LogP contribution is -3.25. The Morgan fingerprint density at radius 3 is 2.16 bits per heavy atom. The Bertz CT molecular complexity index is 1350. The van der Waals surface area contributed by atoms with Crippen molar-refractivity contribution >= 4 is 31.5 Å². The number of alkyl halides is 4. The van der Waals surface area contributed by atoms with Gasteiger partial charge in [0.05, 0.1) is 18.8 Å². The van der Waals surface area contributed by atoms with Crippen LogP contribution in [-0.4, -0.2) is 70.1 Å². The third kappa shape index (κ3) is 3.22. The molecule has 0 amide bonds. The van der Waals surface area contributed by atoms with Crippen LogP contribution in [0.4, 0.5) is 23.2 Å². The number of benzene rings is 1. The van der Waals surface area contributed by atoms with Gasteiger partial charge in [-0.25, -0.2) is 8.78 Å². The van der Waals surface area contributed by atoms with Gasteiger partial charge in [0.2, 0.25) is 0 Å². The number of anilines is 1. The smallest absolute Gasteiger partial charge is 0.467 e. The van der Waals surface area contributed by atoms with Crippen LogP contribution in [0.5, 0.6) is 0 Å². The van der Waals surface area contributed by atoms with E-state index in [4.69, 9.17) is 14.0 Å². The van der Waals surface area contributed by atoms with Crippen molar-refractivity contribution in [2.24, 2.45) is 0 Å². The van der Waals surface area contributed by atoms with Crippen molar-refractivity contribution in [2.45, 2.75) is 69.9 Å². The molecular weight excluding hydrogens is 515 g/mol. The number of nitrogens with zero attached hydrogens (tertiary/aromatic N) is 1. The van der Waals surface area contributed by atoms with Crippen LogP contribution in [0.1, 0.15) is 33.3 Å².